The standard InChI is InChI=1S/C42H28N4S/c1-42-34-16-8-9-18-36(34)47-37-24-28(25-43)23-33(39(37)42)38-32(15-10-17-35(38)42)29-19-21-30(22-20-29)40-44-41(31-13-6-3-7-14-31)46(45-40)26-27-11-4-2-5-12-27/h2-24H,26H2,1H3. The number of hydrogen-bond acceptors (Lipinski definition) is 3. The molecule has 0 N–H and O–H groups in total. The molecule has 0 bridgehead atoms. The second-order valence-corrected chi connectivity index (χ2v) is 13.4. The van der Waals surface area contributed by atoms with Crippen molar-refractivity contribution in [2.45, 2.75) is 28.7 Å². The van der Waals surface area contributed by atoms with E-state index in [4.69, 9.17) is 10.1 Å². The van der Waals surface area contributed by atoms with Gasteiger partial charge in [-0.1, -0.05) is 133 Å². The highest BCUT2D eigenvalue weighted by Crippen LogP contribution is 2.62. The molecule has 47 heavy (non-hydrogen) atoms. The van der Waals surface area contributed by atoms with Gasteiger partial charge in [0.25, 0.3) is 0 Å². The molecule has 1 atom stereocenters. The highest BCUT2D eigenvalue weighted by molar-refractivity contribution is 7.99. The van der Waals surface area contributed by atoms with Crippen LogP contribution >= 0.6 is 11.8 Å². The minimum atomic E-state index is -0.297. The van der Waals surface area contributed by atoms with Gasteiger partial charge in [-0.15, -0.1) is 0 Å². The quantitative estimate of drug-likeness (QED) is 0.180. The molecule has 2 aliphatic rings. The van der Waals surface area contributed by atoms with Crippen LogP contribution in [0.15, 0.2) is 149 Å². The molecule has 0 radical (unpaired) electrons. The van der Waals surface area contributed by atoms with Gasteiger partial charge >= 0.3 is 0 Å². The molecule has 0 fully saturated rings. The molecule has 1 unspecified atom stereocenters. The second kappa shape index (κ2) is 10.7. The first-order valence-corrected chi connectivity index (χ1v) is 16.6. The lowest BCUT2D eigenvalue weighted by molar-refractivity contribution is -0.737. The van der Waals surface area contributed by atoms with E-state index in [1.807, 2.05) is 28.9 Å². The zero-order valence-electron chi connectivity index (χ0n) is 25.7. The van der Waals surface area contributed by atoms with Crippen molar-refractivity contribution in [1.29, 1.82) is 5.26 Å². The largest absolute Gasteiger partial charge is 0.397 e. The maximum absolute atomic E-state index is 10.0. The normalized spacial score (nSPS) is 15.4. The van der Waals surface area contributed by atoms with Crippen LogP contribution in [0.2, 0.25) is 0 Å². The molecule has 0 saturated carbocycles. The summed E-state index contributed by atoms with van der Waals surface area (Å²) in [6, 6.07) is 51.2. The Kier molecular flexibility index (Phi) is 6.28. The van der Waals surface area contributed by atoms with Crippen molar-refractivity contribution in [3.8, 4) is 51.1 Å². The number of nitrogens with zero attached hydrogens (tertiary/aromatic N) is 4. The van der Waals surface area contributed by atoms with Gasteiger partial charge < -0.3 is 4.98 Å². The highest BCUT2D eigenvalue weighted by Gasteiger charge is 2.47. The highest BCUT2D eigenvalue weighted by atomic mass is 32.2. The molecule has 4 nitrogen and oxygen atoms in total. The van der Waals surface area contributed by atoms with Gasteiger partial charge in [0, 0.05) is 20.8 Å². The van der Waals surface area contributed by atoms with Crippen molar-refractivity contribution in [1.82, 2.24) is 10.1 Å². The molecule has 0 saturated heterocycles. The summed E-state index contributed by atoms with van der Waals surface area (Å²) in [6.45, 7) is 2.99. The first-order chi connectivity index (χ1) is 23.1. The summed E-state index contributed by atoms with van der Waals surface area (Å²) in [5.74, 6) is 1.54. The minimum absolute atomic E-state index is 0.297. The molecule has 1 aliphatic heterocycles. The number of fused-ring (bicyclic) bond motifs is 5. The summed E-state index contributed by atoms with van der Waals surface area (Å²) >= 11 is 1.78. The molecule has 7 aromatic rings. The summed E-state index contributed by atoms with van der Waals surface area (Å²) < 4.78 is 2.00. The molecule has 6 aromatic carbocycles. The van der Waals surface area contributed by atoms with Gasteiger partial charge in [0.15, 0.2) is 0 Å². The number of benzene rings is 6. The Morgan fingerprint density at radius 1 is 0.702 bits per heavy atom. The third-order valence-electron chi connectivity index (χ3n) is 9.58. The SMILES string of the molecule is CC12c3ccccc3Sc3cc(C#N)cc(c31)-c1c(-c3ccc(-c4nc(-c5ccccc5)[n+](Cc5ccccc5)[n-]4)cc3)cccc12. The zero-order chi connectivity index (χ0) is 31.5. The molecule has 0 amide bonds. The van der Waals surface area contributed by atoms with E-state index in [1.165, 1.54) is 37.6 Å². The maximum atomic E-state index is 10.0. The van der Waals surface area contributed by atoms with Gasteiger partial charge in [-0.05, 0) is 81.0 Å². The fraction of sp³-hybridized carbons (Fsp3) is 0.0714. The molecular weight excluding hydrogens is 593 g/mol. The van der Waals surface area contributed by atoms with Crippen molar-refractivity contribution >= 4 is 11.8 Å². The van der Waals surface area contributed by atoms with Gasteiger partial charge in [0.05, 0.1) is 11.6 Å². The first kappa shape index (κ1) is 27.6. The third-order valence-corrected chi connectivity index (χ3v) is 10.7. The van der Waals surface area contributed by atoms with E-state index in [-0.39, 0.29) is 5.41 Å². The predicted molar refractivity (Wildman–Crippen MR) is 186 cm³/mol. The molecule has 5 heteroatoms. The van der Waals surface area contributed by atoms with E-state index >= 15 is 0 Å². The Hall–Kier alpha value is -5.70. The molecular formula is C42H28N4S. The Labute approximate surface area is 278 Å². The van der Waals surface area contributed by atoms with Gasteiger partial charge in [0.2, 0.25) is 0 Å². The van der Waals surface area contributed by atoms with Crippen LogP contribution in [0.1, 0.15) is 34.7 Å². The number of aromatic nitrogens is 3. The van der Waals surface area contributed by atoms with Gasteiger partial charge in [0.1, 0.15) is 12.4 Å². The van der Waals surface area contributed by atoms with E-state index in [0.29, 0.717) is 17.9 Å². The van der Waals surface area contributed by atoms with Crippen LogP contribution in [0.25, 0.3) is 45.0 Å². The van der Waals surface area contributed by atoms with Crippen molar-refractivity contribution < 1.29 is 4.68 Å². The Balaban J connectivity index is 1.15. The van der Waals surface area contributed by atoms with Crippen LogP contribution in [0, 0.1) is 11.3 Å². The van der Waals surface area contributed by atoms with E-state index in [1.54, 1.807) is 11.8 Å². The summed E-state index contributed by atoms with van der Waals surface area (Å²) in [7, 11) is 0. The van der Waals surface area contributed by atoms with Crippen LogP contribution in [-0.2, 0) is 12.0 Å². The lowest BCUT2D eigenvalue weighted by Crippen LogP contribution is -2.40. The molecule has 2 heterocycles. The molecule has 9 rings (SSSR count). The van der Waals surface area contributed by atoms with Crippen LogP contribution < -0.4 is 9.78 Å². The van der Waals surface area contributed by atoms with Crippen LogP contribution in [0.5, 0.6) is 0 Å². The summed E-state index contributed by atoms with van der Waals surface area (Å²) in [5.41, 5.74) is 12.1. The average Bonchev–Trinajstić information content (AvgIpc) is 3.66. The van der Waals surface area contributed by atoms with E-state index in [2.05, 4.69) is 128 Å². The van der Waals surface area contributed by atoms with Crippen LogP contribution in [0.4, 0.5) is 0 Å². The van der Waals surface area contributed by atoms with Gasteiger partial charge in [-0.25, -0.2) is 0 Å². The number of rotatable bonds is 5. The predicted octanol–water partition coefficient (Wildman–Crippen LogP) is 9.05. The lowest BCUT2D eigenvalue weighted by atomic mass is 9.73. The Morgan fingerprint density at radius 2 is 1.40 bits per heavy atom. The topological polar surface area (TPSA) is 54.7 Å². The fourth-order valence-corrected chi connectivity index (χ4v) is 8.77. The third kappa shape index (κ3) is 4.30. The minimum Gasteiger partial charge on any atom is -0.397 e. The number of hydrogen-bond donors (Lipinski definition) is 0. The van der Waals surface area contributed by atoms with Crippen LogP contribution in [0.3, 0.4) is 0 Å². The maximum Gasteiger partial charge on any atom is 0.126 e. The van der Waals surface area contributed by atoms with Gasteiger partial charge in [-0.3, -0.25) is 9.78 Å². The van der Waals surface area contributed by atoms with Crippen molar-refractivity contribution in [2.24, 2.45) is 0 Å². The van der Waals surface area contributed by atoms with Gasteiger partial charge in [-0.2, -0.15) is 5.26 Å². The van der Waals surface area contributed by atoms with E-state index < -0.39 is 0 Å². The average molecular weight is 621 g/mol. The summed E-state index contributed by atoms with van der Waals surface area (Å²) in [4.78, 5) is 7.46. The summed E-state index contributed by atoms with van der Waals surface area (Å²) in [5, 5.41) is 15.0. The van der Waals surface area contributed by atoms with Crippen molar-refractivity contribution in [3.63, 3.8) is 0 Å². The fourth-order valence-electron chi connectivity index (χ4n) is 7.41. The molecule has 222 valence electrons. The van der Waals surface area contributed by atoms with E-state index in [0.717, 1.165) is 33.6 Å². The zero-order valence-corrected chi connectivity index (χ0v) is 26.5. The Bertz CT molecular complexity index is 2370. The molecule has 1 aliphatic carbocycles. The first-order valence-electron chi connectivity index (χ1n) is 15.8. The lowest BCUT2D eigenvalue weighted by Gasteiger charge is -2.35. The van der Waals surface area contributed by atoms with Crippen molar-refractivity contribution in [3.05, 3.63) is 167 Å². The van der Waals surface area contributed by atoms with Crippen LogP contribution in [-0.4, -0.2) is 4.98 Å². The molecule has 0 spiro atoms. The van der Waals surface area contributed by atoms with E-state index in [9.17, 15) is 5.26 Å². The second-order valence-electron chi connectivity index (χ2n) is 12.3. The smallest absolute Gasteiger partial charge is 0.126 e. The number of nitriles is 1. The molecule has 1 aromatic heterocycles. The van der Waals surface area contributed by atoms with Crippen molar-refractivity contribution in [2.75, 3.05) is 0 Å². The monoisotopic (exact) mass is 620 g/mol. The summed E-state index contributed by atoms with van der Waals surface area (Å²) in [6.07, 6.45) is 0. The Morgan fingerprint density at radius 3 is 2.19 bits per heavy atom.